The summed E-state index contributed by atoms with van der Waals surface area (Å²) in [6.07, 6.45) is 0.562. The number of hydrogen-bond donors (Lipinski definition) is 1. The number of benzene rings is 2. The van der Waals surface area contributed by atoms with E-state index >= 15 is 0 Å². The molecule has 7 heteroatoms. The molecular weight excluding hydrogens is 348 g/mol. The van der Waals surface area contributed by atoms with Crippen LogP contribution >= 0.6 is 0 Å². The van der Waals surface area contributed by atoms with Gasteiger partial charge in [0.1, 0.15) is 0 Å². The molecule has 0 aliphatic rings. The normalized spacial score (nSPS) is 10.9. The molecule has 0 heterocycles. The lowest BCUT2D eigenvalue weighted by atomic mass is 10.1. The zero-order valence-corrected chi connectivity index (χ0v) is 16.2. The molecule has 0 saturated heterocycles. The number of hydrazone groups is 1. The standard InChI is InChI=1S/C20H24N2O5/c1-13(10-14-6-8-16(24-2)18(11-14)26-4)21-22-20(23)15-7-9-17(25-3)19(12-15)27-5/h6-9,11-12H,10H2,1-5H3,(H,22,23)/b21-13-. The monoisotopic (exact) mass is 372 g/mol. The van der Waals surface area contributed by atoms with Crippen LogP contribution in [0.3, 0.4) is 0 Å². The first-order valence-corrected chi connectivity index (χ1v) is 8.28. The molecule has 1 amide bonds. The Labute approximate surface area is 158 Å². The number of methoxy groups -OCH3 is 4. The van der Waals surface area contributed by atoms with Crippen molar-refractivity contribution in [1.29, 1.82) is 0 Å². The summed E-state index contributed by atoms with van der Waals surface area (Å²) < 4.78 is 20.9. The van der Waals surface area contributed by atoms with E-state index < -0.39 is 0 Å². The molecule has 27 heavy (non-hydrogen) atoms. The molecule has 0 spiro atoms. The summed E-state index contributed by atoms with van der Waals surface area (Å²) in [7, 11) is 6.24. The lowest BCUT2D eigenvalue weighted by Gasteiger charge is -2.10. The Balaban J connectivity index is 2.05. The van der Waals surface area contributed by atoms with Gasteiger partial charge in [0.15, 0.2) is 23.0 Å². The Morgan fingerprint density at radius 1 is 0.852 bits per heavy atom. The Bertz CT molecular complexity index is 833. The third kappa shape index (κ3) is 5.13. The molecule has 7 nitrogen and oxygen atoms in total. The van der Waals surface area contributed by atoms with E-state index in [4.69, 9.17) is 18.9 Å². The molecule has 0 aliphatic carbocycles. The molecule has 1 N–H and O–H groups in total. The van der Waals surface area contributed by atoms with Crippen molar-refractivity contribution in [3.8, 4) is 23.0 Å². The van der Waals surface area contributed by atoms with Gasteiger partial charge in [-0.25, -0.2) is 5.43 Å². The van der Waals surface area contributed by atoms with E-state index in [2.05, 4.69) is 10.5 Å². The highest BCUT2D eigenvalue weighted by Gasteiger charge is 2.11. The van der Waals surface area contributed by atoms with Crippen LogP contribution in [-0.4, -0.2) is 40.1 Å². The second kappa shape index (κ2) is 9.47. The highest BCUT2D eigenvalue weighted by Crippen LogP contribution is 2.28. The first kappa shape index (κ1) is 20.1. The summed E-state index contributed by atoms with van der Waals surface area (Å²) in [4.78, 5) is 12.3. The second-order valence-electron chi connectivity index (χ2n) is 5.72. The SMILES string of the molecule is COc1ccc(C/C(C)=N\NC(=O)c2ccc(OC)c(OC)c2)cc1OC. The van der Waals surface area contributed by atoms with E-state index in [9.17, 15) is 4.79 Å². The van der Waals surface area contributed by atoms with E-state index in [-0.39, 0.29) is 5.91 Å². The third-order valence-corrected chi connectivity index (χ3v) is 3.90. The van der Waals surface area contributed by atoms with Crippen LogP contribution in [-0.2, 0) is 6.42 Å². The van der Waals surface area contributed by atoms with Gasteiger partial charge in [-0.2, -0.15) is 5.10 Å². The van der Waals surface area contributed by atoms with E-state index in [1.165, 1.54) is 7.11 Å². The highest BCUT2D eigenvalue weighted by atomic mass is 16.5. The summed E-state index contributed by atoms with van der Waals surface area (Å²) >= 11 is 0. The number of rotatable bonds is 8. The molecule has 0 aliphatic heterocycles. The van der Waals surface area contributed by atoms with Gasteiger partial charge in [-0.05, 0) is 42.8 Å². The summed E-state index contributed by atoms with van der Waals surface area (Å²) in [5.74, 6) is 2.02. The molecule has 0 unspecified atom stereocenters. The minimum Gasteiger partial charge on any atom is -0.493 e. The first-order chi connectivity index (χ1) is 13.0. The van der Waals surface area contributed by atoms with E-state index in [1.807, 2.05) is 25.1 Å². The average Bonchev–Trinajstić information content (AvgIpc) is 2.71. The maximum atomic E-state index is 12.3. The lowest BCUT2D eigenvalue weighted by Crippen LogP contribution is -2.19. The van der Waals surface area contributed by atoms with Gasteiger partial charge in [0.2, 0.25) is 0 Å². The van der Waals surface area contributed by atoms with Crippen LogP contribution < -0.4 is 24.4 Å². The van der Waals surface area contributed by atoms with Crippen LogP contribution in [0.25, 0.3) is 0 Å². The van der Waals surface area contributed by atoms with E-state index in [0.717, 1.165) is 11.3 Å². The molecule has 0 fully saturated rings. The van der Waals surface area contributed by atoms with Crippen molar-refractivity contribution < 1.29 is 23.7 Å². The predicted octanol–water partition coefficient (Wildman–Crippen LogP) is 3.07. The smallest absolute Gasteiger partial charge is 0.271 e. The quantitative estimate of drug-likeness (QED) is 0.569. The van der Waals surface area contributed by atoms with Gasteiger partial charge in [-0.3, -0.25) is 4.79 Å². The highest BCUT2D eigenvalue weighted by molar-refractivity contribution is 5.96. The summed E-state index contributed by atoms with van der Waals surface area (Å²) in [6.45, 7) is 1.84. The molecule has 2 aromatic carbocycles. The predicted molar refractivity (Wildman–Crippen MR) is 103 cm³/mol. The summed E-state index contributed by atoms with van der Waals surface area (Å²) in [5.41, 5.74) is 4.72. The second-order valence-corrected chi connectivity index (χ2v) is 5.72. The molecular formula is C20H24N2O5. The number of hydrogen-bond acceptors (Lipinski definition) is 6. The Morgan fingerprint density at radius 3 is 2.00 bits per heavy atom. The number of carbonyl (C=O) groups excluding carboxylic acids is 1. The molecule has 2 aromatic rings. The largest absolute Gasteiger partial charge is 0.493 e. The van der Waals surface area contributed by atoms with Crippen LogP contribution in [0.1, 0.15) is 22.8 Å². The minimum atomic E-state index is -0.331. The average molecular weight is 372 g/mol. The molecule has 0 aromatic heterocycles. The van der Waals surface area contributed by atoms with Crippen molar-refractivity contribution in [2.45, 2.75) is 13.3 Å². The van der Waals surface area contributed by atoms with Crippen LogP contribution in [0.15, 0.2) is 41.5 Å². The van der Waals surface area contributed by atoms with Crippen LogP contribution in [0.5, 0.6) is 23.0 Å². The van der Waals surface area contributed by atoms with Gasteiger partial charge >= 0.3 is 0 Å². The zero-order chi connectivity index (χ0) is 19.8. The van der Waals surface area contributed by atoms with Gasteiger partial charge in [0.05, 0.1) is 28.4 Å². The molecule has 0 bridgehead atoms. The first-order valence-electron chi connectivity index (χ1n) is 8.28. The van der Waals surface area contributed by atoms with Crippen LogP contribution in [0.2, 0.25) is 0 Å². The fourth-order valence-electron chi connectivity index (χ4n) is 2.51. The van der Waals surface area contributed by atoms with Gasteiger partial charge < -0.3 is 18.9 Å². The van der Waals surface area contributed by atoms with Crippen molar-refractivity contribution in [3.63, 3.8) is 0 Å². The van der Waals surface area contributed by atoms with Gasteiger partial charge in [-0.1, -0.05) is 6.07 Å². The number of ether oxygens (including phenoxy) is 4. The van der Waals surface area contributed by atoms with Crippen molar-refractivity contribution in [2.24, 2.45) is 5.10 Å². The summed E-state index contributed by atoms with van der Waals surface area (Å²) in [6, 6.07) is 10.6. The number of nitrogens with one attached hydrogen (secondary N) is 1. The minimum absolute atomic E-state index is 0.331. The fraction of sp³-hybridized carbons (Fsp3) is 0.300. The lowest BCUT2D eigenvalue weighted by molar-refractivity contribution is 0.0954. The Morgan fingerprint density at radius 2 is 1.41 bits per heavy atom. The number of nitrogens with zero attached hydrogens (tertiary/aromatic N) is 1. The van der Waals surface area contributed by atoms with E-state index in [1.54, 1.807) is 39.5 Å². The summed E-state index contributed by atoms with van der Waals surface area (Å²) in [5, 5.41) is 4.16. The van der Waals surface area contributed by atoms with Crippen LogP contribution in [0.4, 0.5) is 0 Å². The molecule has 0 saturated carbocycles. The Kier molecular flexibility index (Phi) is 7.05. The third-order valence-electron chi connectivity index (χ3n) is 3.90. The topological polar surface area (TPSA) is 78.4 Å². The van der Waals surface area contributed by atoms with Crippen LogP contribution in [0, 0.1) is 0 Å². The van der Waals surface area contributed by atoms with Gasteiger partial charge in [-0.15, -0.1) is 0 Å². The van der Waals surface area contributed by atoms with E-state index in [0.29, 0.717) is 35.0 Å². The zero-order valence-electron chi connectivity index (χ0n) is 16.2. The van der Waals surface area contributed by atoms with Crippen molar-refractivity contribution in [3.05, 3.63) is 47.5 Å². The van der Waals surface area contributed by atoms with Crippen molar-refractivity contribution >= 4 is 11.6 Å². The fourth-order valence-corrected chi connectivity index (χ4v) is 2.51. The maximum absolute atomic E-state index is 12.3. The molecule has 144 valence electrons. The number of amides is 1. The Hall–Kier alpha value is -3.22. The van der Waals surface area contributed by atoms with Gasteiger partial charge in [0.25, 0.3) is 5.91 Å². The van der Waals surface area contributed by atoms with Crippen molar-refractivity contribution in [1.82, 2.24) is 5.43 Å². The van der Waals surface area contributed by atoms with Crippen molar-refractivity contribution in [2.75, 3.05) is 28.4 Å². The molecule has 0 atom stereocenters. The van der Waals surface area contributed by atoms with Gasteiger partial charge in [0, 0.05) is 17.7 Å². The molecule has 2 rings (SSSR count). The number of carbonyl (C=O) groups is 1. The molecule has 0 radical (unpaired) electrons. The maximum Gasteiger partial charge on any atom is 0.271 e.